The zero-order valence-electron chi connectivity index (χ0n) is 9.06. The molecule has 0 aliphatic rings. The maximum Gasteiger partial charge on any atom is 0.0640 e. The average Bonchev–Trinajstić information content (AvgIpc) is 2.30. The maximum atomic E-state index is 8.61. The van der Waals surface area contributed by atoms with Crippen LogP contribution in [-0.2, 0) is 0 Å². The SMILES string of the molecule is C=CC(C)N(CCC#N)c1ccccc1. The Hall–Kier alpha value is -1.75. The molecule has 1 unspecified atom stereocenters. The second-order valence-corrected chi connectivity index (χ2v) is 3.41. The molecule has 0 aromatic heterocycles. The Morgan fingerprint density at radius 1 is 1.47 bits per heavy atom. The Labute approximate surface area is 91.4 Å². The van der Waals surface area contributed by atoms with Crippen LogP contribution in [0.15, 0.2) is 43.0 Å². The highest BCUT2D eigenvalue weighted by Gasteiger charge is 2.10. The maximum absolute atomic E-state index is 8.61. The highest BCUT2D eigenvalue weighted by Crippen LogP contribution is 2.16. The van der Waals surface area contributed by atoms with Crippen molar-refractivity contribution < 1.29 is 0 Å². The van der Waals surface area contributed by atoms with E-state index in [-0.39, 0.29) is 6.04 Å². The highest BCUT2D eigenvalue weighted by atomic mass is 15.1. The molecule has 2 heteroatoms. The molecular weight excluding hydrogens is 184 g/mol. The molecule has 1 aromatic rings. The summed E-state index contributed by atoms with van der Waals surface area (Å²) in [4.78, 5) is 2.18. The van der Waals surface area contributed by atoms with Crippen molar-refractivity contribution in [3.05, 3.63) is 43.0 Å². The van der Waals surface area contributed by atoms with E-state index in [0.717, 1.165) is 12.2 Å². The first-order chi connectivity index (χ1) is 7.29. The molecule has 0 amide bonds. The summed E-state index contributed by atoms with van der Waals surface area (Å²) in [7, 11) is 0. The van der Waals surface area contributed by atoms with E-state index in [4.69, 9.17) is 5.26 Å². The largest absolute Gasteiger partial charge is 0.364 e. The van der Waals surface area contributed by atoms with Gasteiger partial charge in [0.05, 0.1) is 12.5 Å². The minimum atomic E-state index is 0.251. The molecule has 0 heterocycles. The number of rotatable bonds is 5. The summed E-state index contributed by atoms with van der Waals surface area (Å²) in [5, 5.41) is 8.61. The lowest BCUT2D eigenvalue weighted by molar-refractivity contribution is 0.736. The van der Waals surface area contributed by atoms with Crippen molar-refractivity contribution in [3.63, 3.8) is 0 Å². The molecule has 1 atom stereocenters. The molecule has 1 rings (SSSR count). The third-order valence-corrected chi connectivity index (χ3v) is 2.39. The van der Waals surface area contributed by atoms with Crippen LogP contribution in [0.2, 0.25) is 0 Å². The van der Waals surface area contributed by atoms with Crippen LogP contribution in [0.25, 0.3) is 0 Å². The molecule has 0 radical (unpaired) electrons. The van der Waals surface area contributed by atoms with Gasteiger partial charge in [0, 0.05) is 18.3 Å². The summed E-state index contributed by atoms with van der Waals surface area (Å²) in [6.07, 6.45) is 2.43. The predicted octanol–water partition coefficient (Wildman–Crippen LogP) is 2.98. The highest BCUT2D eigenvalue weighted by molar-refractivity contribution is 5.47. The summed E-state index contributed by atoms with van der Waals surface area (Å²) >= 11 is 0. The Bertz CT molecular complexity index is 337. The van der Waals surface area contributed by atoms with Gasteiger partial charge in [-0.2, -0.15) is 5.26 Å². The third kappa shape index (κ3) is 3.14. The lowest BCUT2D eigenvalue weighted by Crippen LogP contribution is -2.32. The van der Waals surface area contributed by atoms with E-state index in [1.165, 1.54) is 0 Å². The van der Waals surface area contributed by atoms with Crippen LogP contribution < -0.4 is 4.90 Å². The summed E-state index contributed by atoms with van der Waals surface area (Å²) < 4.78 is 0. The molecule has 15 heavy (non-hydrogen) atoms. The van der Waals surface area contributed by atoms with E-state index in [1.54, 1.807) is 0 Å². The van der Waals surface area contributed by atoms with Gasteiger partial charge in [0.25, 0.3) is 0 Å². The van der Waals surface area contributed by atoms with Crippen LogP contribution in [0.4, 0.5) is 5.69 Å². The lowest BCUT2D eigenvalue weighted by atomic mass is 10.2. The van der Waals surface area contributed by atoms with E-state index in [9.17, 15) is 0 Å². The molecule has 2 nitrogen and oxygen atoms in total. The van der Waals surface area contributed by atoms with Crippen molar-refractivity contribution in [2.75, 3.05) is 11.4 Å². The van der Waals surface area contributed by atoms with E-state index in [1.807, 2.05) is 24.3 Å². The van der Waals surface area contributed by atoms with E-state index >= 15 is 0 Å². The van der Waals surface area contributed by atoms with Crippen molar-refractivity contribution in [2.24, 2.45) is 0 Å². The van der Waals surface area contributed by atoms with Crippen molar-refractivity contribution in [2.45, 2.75) is 19.4 Å². The normalized spacial score (nSPS) is 11.5. The first-order valence-corrected chi connectivity index (χ1v) is 5.10. The van der Waals surface area contributed by atoms with Crippen molar-refractivity contribution in [3.8, 4) is 6.07 Å². The fourth-order valence-corrected chi connectivity index (χ4v) is 1.49. The molecule has 0 aliphatic heterocycles. The standard InChI is InChI=1S/C13H16N2/c1-3-12(2)15(11-7-10-14)13-8-5-4-6-9-13/h3-6,8-9,12H,1,7,11H2,2H3. The molecular formula is C13H16N2. The third-order valence-electron chi connectivity index (χ3n) is 2.39. The summed E-state index contributed by atoms with van der Waals surface area (Å²) in [6.45, 7) is 6.61. The number of hydrogen-bond acceptors (Lipinski definition) is 2. The van der Waals surface area contributed by atoms with Crippen molar-refractivity contribution >= 4 is 5.69 Å². The smallest absolute Gasteiger partial charge is 0.0640 e. The molecule has 0 spiro atoms. The van der Waals surface area contributed by atoms with Gasteiger partial charge in [0.1, 0.15) is 0 Å². The van der Waals surface area contributed by atoms with Crippen LogP contribution in [0, 0.1) is 11.3 Å². The molecule has 0 fully saturated rings. The Kier molecular flexibility index (Phi) is 4.43. The minimum absolute atomic E-state index is 0.251. The number of nitrogens with zero attached hydrogens (tertiary/aromatic N) is 2. The summed E-state index contributed by atoms with van der Waals surface area (Å²) in [5.41, 5.74) is 1.14. The number of benzene rings is 1. The van der Waals surface area contributed by atoms with Gasteiger partial charge in [-0.1, -0.05) is 24.3 Å². The van der Waals surface area contributed by atoms with Gasteiger partial charge >= 0.3 is 0 Å². The number of hydrogen-bond donors (Lipinski definition) is 0. The summed E-state index contributed by atoms with van der Waals surface area (Å²) in [6, 6.07) is 12.5. The van der Waals surface area contributed by atoms with Gasteiger partial charge in [-0.05, 0) is 19.1 Å². The Balaban J connectivity index is 2.81. The van der Waals surface area contributed by atoms with Gasteiger partial charge < -0.3 is 4.90 Å². The first-order valence-electron chi connectivity index (χ1n) is 5.10. The zero-order valence-corrected chi connectivity index (χ0v) is 9.06. The quantitative estimate of drug-likeness (QED) is 0.683. The number of nitriles is 1. The number of para-hydroxylation sites is 1. The zero-order chi connectivity index (χ0) is 11.1. The lowest BCUT2D eigenvalue weighted by Gasteiger charge is -2.28. The number of anilines is 1. The van der Waals surface area contributed by atoms with Gasteiger partial charge in [-0.3, -0.25) is 0 Å². The topological polar surface area (TPSA) is 27.0 Å². The average molecular weight is 200 g/mol. The van der Waals surface area contributed by atoms with Gasteiger partial charge in [-0.25, -0.2) is 0 Å². The van der Waals surface area contributed by atoms with Gasteiger partial charge in [0.15, 0.2) is 0 Å². The van der Waals surface area contributed by atoms with Crippen LogP contribution in [0.5, 0.6) is 0 Å². The Morgan fingerprint density at radius 2 is 2.13 bits per heavy atom. The molecule has 0 saturated heterocycles. The molecule has 0 saturated carbocycles. The van der Waals surface area contributed by atoms with Crippen LogP contribution in [0.1, 0.15) is 13.3 Å². The fraction of sp³-hybridized carbons (Fsp3) is 0.308. The van der Waals surface area contributed by atoms with Crippen LogP contribution in [0.3, 0.4) is 0 Å². The van der Waals surface area contributed by atoms with Crippen molar-refractivity contribution in [1.82, 2.24) is 0 Å². The van der Waals surface area contributed by atoms with Gasteiger partial charge in [0.2, 0.25) is 0 Å². The first kappa shape index (κ1) is 11.3. The molecule has 0 bridgehead atoms. The molecule has 1 aromatic carbocycles. The molecule has 0 N–H and O–H groups in total. The van der Waals surface area contributed by atoms with Crippen LogP contribution in [-0.4, -0.2) is 12.6 Å². The fourth-order valence-electron chi connectivity index (χ4n) is 1.49. The van der Waals surface area contributed by atoms with Gasteiger partial charge in [-0.15, -0.1) is 6.58 Å². The van der Waals surface area contributed by atoms with Crippen molar-refractivity contribution in [1.29, 1.82) is 5.26 Å². The molecule has 0 aliphatic carbocycles. The second-order valence-electron chi connectivity index (χ2n) is 3.41. The summed E-state index contributed by atoms with van der Waals surface area (Å²) in [5.74, 6) is 0. The monoisotopic (exact) mass is 200 g/mol. The van der Waals surface area contributed by atoms with Crippen LogP contribution >= 0.6 is 0 Å². The van der Waals surface area contributed by atoms with E-state index in [0.29, 0.717) is 6.42 Å². The van der Waals surface area contributed by atoms with E-state index < -0.39 is 0 Å². The second kappa shape index (κ2) is 5.87. The Morgan fingerprint density at radius 3 is 2.67 bits per heavy atom. The molecule has 78 valence electrons. The van der Waals surface area contributed by atoms with E-state index in [2.05, 4.69) is 36.6 Å². The minimum Gasteiger partial charge on any atom is -0.364 e. The predicted molar refractivity (Wildman–Crippen MR) is 63.7 cm³/mol.